The minimum atomic E-state index is -0.236. The lowest BCUT2D eigenvalue weighted by Gasteiger charge is -2.19. The molecule has 110 valence electrons. The third kappa shape index (κ3) is 2.67. The van der Waals surface area contributed by atoms with Crippen LogP contribution in [0.4, 0.5) is 5.69 Å². The van der Waals surface area contributed by atoms with E-state index in [2.05, 4.69) is 15.4 Å². The number of hydrogen-bond donors (Lipinski definition) is 1. The fourth-order valence-corrected chi connectivity index (χ4v) is 2.65. The summed E-state index contributed by atoms with van der Waals surface area (Å²) >= 11 is 0. The number of carbonyl (C=O) groups is 1. The lowest BCUT2D eigenvalue weighted by Crippen LogP contribution is -2.26. The van der Waals surface area contributed by atoms with Gasteiger partial charge in [0.2, 0.25) is 5.91 Å². The molecule has 1 saturated heterocycles. The van der Waals surface area contributed by atoms with Crippen molar-refractivity contribution >= 4 is 11.6 Å². The van der Waals surface area contributed by atoms with E-state index in [1.165, 1.54) is 0 Å². The van der Waals surface area contributed by atoms with E-state index in [1.807, 2.05) is 26.1 Å². The zero-order valence-corrected chi connectivity index (χ0v) is 12.1. The summed E-state index contributed by atoms with van der Waals surface area (Å²) in [5.41, 5.74) is 2.67. The first-order valence-electron chi connectivity index (χ1n) is 6.98. The Labute approximate surface area is 123 Å². The number of aromatic nitrogens is 3. The highest BCUT2D eigenvalue weighted by Gasteiger charge is 2.36. The molecule has 1 amide bonds. The number of nitrogens with zero attached hydrogens (tertiary/aromatic N) is 3. The number of nitrogens with one attached hydrogen (secondary N) is 1. The molecule has 21 heavy (non-hydrogen) atoms. The summed E-state index contributed by atoms with van der Waals surface area (Å²) in [6.45, 7) is 2.51. The fourth-order valence-electron chi connectivity index (χ4n) is 2.65. The van der Waals surface area contributed by atoms with Crippen LogP contribution < -0.4 is 5.32 Å². The first-order valence-corrected chi connectivity index (χ1v) is 6.98. The van der Waals surface area contributed by atoms with Crippen molar-refractivity contribution in [3.8, 4) is 0 Å². The third-order valence-electron chi connectivity index (χ3n) is 3.86. The van der Waals surface area contributed by atoms with E-state index < -0.39 is 0 Å². The monoisotopic (exact) mass is 286 g/mol. The summed E-state index contributed by atoms with van der Waals surface area (Å²) in [5.74, 6) is -0.221. The van der Waals surface area contributed by atoms with Crippen LogP contribution in [0.3, 0.4) is 0 Å². The van der Waals surface area contributed by atoms with Gasteiger partial charge in [0.1, 0.15) is 6.10 Å². The molecule has 3 heterocycles. The van der Waals surface area contributed by atoms with Crippen LogP contribution in [0.2, 0.25) is 0 Å². The molecule has 0 aromatic carbocycles. The minimum Gasteiger partial charge on any atom is -0.371 e. The van der Waals surface area contributed by atoms with E-state index in [9.17, 15) is 4.79 Å². The van der Waals surface area contributed by atoms with Gasteiger partial charge in [0, 0.05) is 37.9 Å². The van der Waals surface area contributed by atoms with E-state index in [-0.39, 0.29) is 17.9 Å². The predicted octanol–water partition coefficient (Wildman–Crippen LogP) is 1.84. The molecule has 0 aliphatic carbocycles. The topological polar surface area (TPSA) is 69.0 Å². The maximum atomic E-state index is 12.5. The van der Waals surface area contributed by atoms with Crippen LogP contribution in [0.5, 0.6) is 0 Å². The van der Waals surface area contributed by atoms with E-state index in [1.54, 1.807) is 23.3 Å². The van der Waals surface area contributed by atoms with Crippen molar-refractivity contribution in [1.82, 2.24) is 14.8 Å². The summed E-state index contributed by atoms with van der Waals surface area (Å²) in [6.07, 6.45) is 5.61. The number of anilines is 1. The van der Waals surface area contributed by atoms with Gasteiger partial charge in [0.05, 0.1) is 11.6 Å². The second-order valence-corrected chi connectivity index (χ2v) is 5.25. The van der Waals surface area contributed by atoms with Crippen LogP contribution in [-0.4, -0.2) is 27.3 Å². The van der Waals surface area contributed by atoms with Crippen molar-refractivity contribution in [1.29, 1.82) is 0 Å². The molecule has 2 atom stereocenters. The molecule has 0 saturated carbocycles. The zero-order valence-electron chi connectivity index (χ0n) is 12.1. The number of amides is 1. The second-order valence-electron chi connectivity index (χ2n) is 5.25. The molecule has 0 spiro atoms. The Bertz CT molecular complexity index is 653. The van der Waals surface area contributed by atoms with E-state index in [0.717, 1.165) is 16.9 Å². The van der Waals surface area contributed by atoms with E-state index in [0.29, 0.717) is 13.0 Å². The Morgan fingerprint density at radius 2 is 2.29 bits per heavy atom. The molecule has 6 nitrogen and oxygen atoms in total. The molecule has 0 radical (unpaired) electrons. The van der Waals surface area contributed by atoms with Crippen LogP contribution >= 0.6 is 0 Å². The van der Waals surface area contributed by atoms with Gasteiger partial charge >= 0.3 is 0 Å². The molecule has 2 aromatic rings. The molecule has 6 heteroatoms. The summed E-state index contributed by atoms with van der Waals surface area (Å²) in [7, 11) is 1.86. The maximum absolute atomic E-state index is 12.5. The highest BCUT2D eigenvalue weighted by molar-refractivity contribution is 5.93. The first kappa shape index (κ1) is 13.8. The largest absolute Gasteiger partial charge is 0.371 e. The molecular weight excluding hydrogens is 268 g/mol. The van der Waals surface area contributed by atoms with Gasteiger partial charge in [-0.3, -0.25) is 14.5 Å². The van der Waals surface area contributed by atoms with Gasteiger partial charge in [-0.05, 0) is 31.0 Å². The van der Waals surface area contributed by atoms with E-state index in [4.69, 9.17) is 4.74 Å². The molecule has 2 aromatic heterocycles. The Morgan fingerprint density at radius 3 is 3.00 bits per heavy atom. The summed E-state index contributed by atoms with van der Waals surface area (Å²) in [6, 6.07) is 3.70. The summed E-state index contributed by atoms with van der Waals surface area (Å²) < 4.78 is 7.50. The quantitative estimate of drug-likeness (QED) is 0.934. The molecule has 1 aliphatic rings. The highest BCUT2D eigenvalue weighted by Crippen LogP contribution is 2.35. The predicted molar refractivity (Wildman–Crippen MR) is 77.6 cm³/mol. The van der Waals surface area contributed by atoms with Crippen molar-refractivity contribution in [3.63, 3.8) is 0 Å². The van der Waals surface area contributed by atoms with Gasteiger partial charge in [-0.25, -0.2) is 0 Å². The molecule has 3 rings (SSSR count). The zero-order chi connectivity index (χ0) is 14.8. The Morgan fingerprint density at radius 1 is 1.43 bits per heavy atom. The van der Waals surface area contributed by atoms with Crippen molar-refractivity contribution in [2.45, 2.75) is 19.4 Å². The smallest absolute Gasteiger partial charge is 0.230 e. The van der Waals surface area contributed by atoms with Gasteiger partial charge in [0.25, 0.3) is 0 Å². The van der Waals surface area contributed by atoms with Crippen LogP contribution in [0.25, 0.3) is 0 Å². The number of aryl methyl sites for hydroxylation is 2. The molecular formula is C15H18N4O2. The summed E-state index contributed by atoms with van der Waals surface area (Å²) in [4.78, 5) is 16.6. The lowest BCUT2D eigenvalue weighted by molar-refractivity contribution is -0.121. The molecule has 1 fully saturated rings. The van der Waals surface area contributed by atoms with Crippen LogP contribution in [0.15, 0.2) is 30.7 Å². The second kappa shape index (κ2) is 5.65. The van der Waals surface area contributed by atoms with Crippen molar-refractivity contribution in [2.75, 3.05) is 11.9 Å². The Balaban J connectivity index is 1.78. The van der Waals surface area contributed by atoms with Crippen LogP contribution in [0.1, 0.15) is 23.8 Å². The normalized spacial score (nSPS) is 21.4. The maximum Gasteiger partial charge on any atom is 0.230 e. The number of rotatable bonds is 3. The van der Waals surface area contributed by atoms with Gasteiger partial charge in [0.15, 0.2) is 0 Å². The summed E-state index contributed by atoms with van der Waals surface area (Å²) in [5, 5.41) is 7.12. The first-order chi connectivity index (χ1) is 10.2. The molecule has 1 aliphatic heterocycles. The van der Waals surface area contributed by atoms with Gasteiger partial charge in [-0.1, -0.05) is 0 Å². The standard InChI is InChI=1S/C15H18N4O2/c1-10-9-16-6-3-12(10)18-15(20)11-5-8-21-14(11)13-4-7-17-19(13)2/h3-4,6-7,9,11,14H,5,8H2,1-2H3,(H,16,18,20)/t11-,14-/m1/s1. The van der Waals surface area contributed by atoms with Gasteiger partial charge < -0.3 is 10.1 Å². The van der Waals surface area contributed by atoms with Crippen LogP contribution in [0, 0.1) is 12.8 Å². The van der Waals surface area contributed by atoms with Crippen molar-refractivity contribution in [3.05, 3.63) is 42.0 Å². The average molecular weight is 286 g/mol. The third-order valence-corrected chi connectivity index (χ3v) is 3.86. The minimum absolute atomic E-state index is 0.0204. The molecule has 1 N–H and O–H groups in total. The molecule has 0 bridgehead atoms. The van der Waals surface area contributed by atoms with E-state index >= 15 is 0 Å². The number of carbonyl (C=O) groups excluding carboxylic acids is 1. The van der Waals surface area contributed by atoms with Crippen molar-refractivity contribution in [2.24, 2.45) is 13.0 Å². The van der Waals surface area contributed by atoms with Gasteiger partial charge in [-0.15, -0.1) is 0 Å². The Kier molecular flexibility index (Phi) is 3.70. The molecule has 0 unspecified atom stereocenters. The van der Waals surface area contributed by atoms with Crippen LogP contribution in [-0.2, 0) is 16.6 Å². The fraction of sp³-hybridized carbons (Fsp3) is 0.400. The number of hydrogen-bond acceptors (Lipinski definition) is 4. The van der Waals surface area contributed by atoms with Crippen molar-refractivity contribution < 1.29 is 9.53 Å². The number of pyridine rings is 1. The average Bonchev–Trinajstić information content (AvgIpc) is 3.09. The Hall–Kier alpha value is -2.21. The SMILES string of the molecule is Cc1cnccc1NC(=O)[C@@H]1CCO[C@H]1c1ccnn1C. The lowest BCUT2D eigenvalue weighted by atomic mass is 9.97. The van der Waals surface area contributed by atoms with Gasteiger partial charge in [-0.2, -0.15) is 5.10 Å². The number of ether oxygens (including phenoxy) is 1. The highest BCUT2D eigenvalue weighted by atomic mass is 16.5.